The Balaban J connectivity index is 1.11. The minimum atomic E-state index is -0.816. The maximum atomic E-state index is 6.97. The number of furan rings is 2. The molecule has 0 atom stereocenters. The lowest BCUT2D eigenvalue weighted by Gasteiger charge is -2.36. The minimum Gasteiger partial charge on any atom is -0.454 e. The number of hydrogen-bond acceptors (Lipinski definition) is 4. The van der Waals surface area contributed by atoms with Crippen LogP contribution in [0, 0.1) is 27.7 Å². The third-order valence-corrected chi connectivity index (χ3v) is 16.4. The van der Waals surface area contributed by atoms with Crippen molar-refractivity contribution in [1.82, 2.24) is 0 Å². The number of benzene rings is 12. The molecule has 0 unspecified atom stereocenters. The number of rotatable bonds is 8. The second-order valence-corrected chi connectivity index (χ2v) is 21.0. The highest BCUT2D eigenvalue weighted by Crippen LogP contribution is 2.63. The van der Waals surface area contributed by atoms with Crippen LogP contribution < -0.4 is 9.80 Å². The SMILES string of the molecule is Cc1ccc(N(c2cc3c(c4ccccc24)-c2c(cc(N(c4ccc(C)cc4C)c4cccc5c4oc4ccccc45)c4ccccc24)C3(c2ccccc2)c2ccccc2)c2cccc3c2oc2ccccc23)c(C)c1. The van der Waals surface area contributed by atoms with Gasteiger partial charge in [0, 0.05) is 43.7 Å². The van der Waals surface area contributed by atoms with E-state index < -0.39 is 5.41 Å². The van der Waals surface area contributed by atoms with Gasteiger partial charge in [0.25, 0.3) is 0 Å². The third-order valence-electron chi connectivity index (χ3n) is 16.4. The van der Waals surface area contributed by atoms with E-state index in [0.29, 0.717) is 0 Å². The molecule has 0 fully saturated rings. The number of anilines is 6. The summed E-state index contributed by atoms with van der Waals surface area (Å²) >= 11 is 0. The average molecular weight is 989 g/mol. The Morgan fingerprint density at radius 1 is 0.286 bits per heavy atom. The monoisotopic (exact) mass is 988 g/mol. The zero-order valence-electron chi connectivity index (χ0n) is 43.3. The van der Waals surface area contributed by atoms with E-state index in [1.165, 1.54) is 66.4 Å². The molecule has 0 spiro atoms. The number of hydrogen-bond donors (Lipinski definition) is 0. The first-order valence-electron chi connectivity index (χ1n) is 26.7. The highest BCUT2D eigenvalue weighted by molar-refractivity contribution is 6.20. The van der Waals surface area contributed by atoms with Crippen molar-refractivity contribution in [2.75, 3.05) is 9.80 Å². The Morgan fingerprint density at radius 2 is 0.649 bits per heavy atom. The molecule has 4 nitrogen and oxygen atoms in total. The number of nitrogens with zero attached hydrogens (tertiary/aromatic N) is 2. The van der Waals surface area contributed by atoms with Gasteiger partial charge in [0.2, 0.25) is 0 Å². The lowest BCUT2D eigenvalue weighted by molar-refractivity contribution is 0.668. The summed E-state index contributed by atoms with van der Waals surface area (Å²) in [5.74, 6) is 0. The van der Waals surface area contributed by atoms with E-state index >= 15 is 0 Å². The molecule has 1 aliphatic carbocycles. The molecule has 4 heteroatoms. The van der Waals surface area contributed by atoms with E-state index in [4.69, 9.17) is 8.83 Å². The van der Waals surface area contributed by atoms with Crippen LogP contribution in [0.15, 0.2) is 251 Å². The fourth-order valence-corrected chi connectivity index (χ4v) is 13.2. The molecule has 14 aromatic rings. The third kappa shape index (κ3) is 6.58. The minimum absolute atomic E-state index is 0.816. The van der Waals surface area contributed by atoms with Crippen molar-refractivity contribution < 1.29 is 8.83 Å². The Labute approximate surface area is 447 Å². The predicted octanol–water partition coefficient (Wildman–Crippen LogP) is 20.3. The van der Waals surface area contributed by atoms with Gasteiger partial charge in [0.05, 0.1) is 28.2 Å². The van der Waals surface area contributed by atoms with E-state index in [-0.39, 0.29) is 0 Å². The number of fused-ring (bicyclic) bond motifs is 13. The van der Waals surface area contributed by atoms with E-state index in [9.17, 15) is 0 Å². The maximum absolute atomic E-state index is 6.97. The molecular weight excluding hydrogens is 937 g/mol. The van der Waals surface area contributed by atoms with Gasteiger partial charge in [-0.05, 0) is 132 Å². The van der Waals surface area contributed by atoms with Crippen molar-refractivity contribution in [3.05, 3.63) is 287 Å². The van der Waals surface area contributed by atoms with Crippen molar-refractivity contribution in [1.29, 1.82) is 0 Å². The topological polar surface area (TPSA) is 32.8 Å². The molecule has 0 bridgehead atoms. The Morgan fingerprint density at radius 3 is 1.06 bits per heavy atom. The van der Waals surface area contributed by atoms with Crippen molar-refractivity contribution in [3.8, 4) is 11.1 Å². The fourth-order valence-electron chi connectivity index (χ4n) is 13.2. The van der Waals surface area contributed by atoms with Gasteiger partial charge in [-0.25, -0.2) is 0 Å². The van der Waals surface area contributed by atoms with Gasteiger partial charge in [0.15, 0.2) is 11.2 Å². The van der Waals surface area contributed by atoms with Gasteiger partial charge in [0.1, 0.15) is 11.2 Å². The summed E-state index contributed by atoms with van der Waals surface area (Å²) < 4.78 is 13.9. The normalized spacial score (nSPS) is 12.8. The largest absolute Gasteiger partial charge is 0.454 e. The van der Waals surface area contributed by atoms with Gasteiger partial charge in [-0.2, -0.15) is 0 Å². The zero-order chi connectivity index (χ0) is 51.5. The second-order valence-electron chi connectivity index (χ2n) is 21.0. The molecule has 0 saturated carbocycles. The summed E-state index contributed by atoms with van der Waals surface area (Å²) in [6, 6.07) is 89.3. The van der Waals surface area contributed by atoms with Crippen molar-refractivity contribution in [2.45, 2.75) is 33.1 Å². The van der Waals surface area contributed by atoms with Gasteiger partial charge in [-0.1, -0.05) is 205 Å². The number of aryl methyl sites for hydroxylation is 4. The lowest BCUT2D eigenvalue weighted by Crippen LogP contribution is -2.29. The van der Waals surface area contributed by atoms with E-state index in [1.54, 1.807) is 0 Å². The zero-order valence-corrected chi connectivity index (χ0v) is 43.3. The first kappa shape index (κ1) is 44.8. The summed E-state index contributed by atoms with van der Waals surface area (Å²) in [4.78, 5) is 4.95. The molecule has 12 aromatic carbocycles. The summed E-state index contributed by atoms with van der Waals surface area (Å²) in [7, 11) is 0. The van der Waals surface area contributed by atoms with Crippen LogP contribution in [0.1, 0.15) is 44.5 Å². The van der Waals surface area contributed by atoms with Crippen LogP contribution in [-0.4, -0.2) is 0 Å². The maximum Gasteiger partial charge on any atom is 0.159 e. The Bertz CT molecular complexity index is 4400. The molecule has 0 saturated heterocycles. The average Bonchev–Trinajstić information content (AvgIpc) is 4.36. The molecule has 366 valence electrons. The molecule has 0 radical (unpaired) electrons. The summed E-state index contributed by atoms with van der Waals surface area (Å²) in [6.45, 7) is 8.82. The van der Waals surface area contributed by atoms with Crippen molar-refractivity contribution in [2.24, 2.45) is 0 Å². The predicted molar refractivity (Wildman–Crippen MR) is 322 cm³/mol. The Hall–Kier alpha value is -9.64. The summed E-state index contributed by atoms with van der Waals surface area (Å²) in [6.07, 6.45) is 0. The lowest BCUT2D eigenvalue weighted by atomic mass is 9.67. The second kappa shape index (κ2) is 17.2. The fraction of sp³-hybridized carbons (Fsp3) is 0.0685. The molecule has 77 heavy (non-hydrogen) atoms. The van der Waals surface area contributed by atoms with Gasteiger partial charge in [-0.3, -0.25) is 0 Å². The molecule has 0 N–H and O–H groups in total. The van der Waals surface area contributed by atoms with E-state index in [0.717, 1.165) is 88.8 Å². The van der Waals surface area contributed by atoms with Crippen LogP contribution in [-0.2, 0) is 5.41 Å². The smallest absolute Gasteiger partial charge is 0.159 e. The standard InChI is InChI=1S/C73H52N2O2/c1-45-37-39-61(47(3)41-45)74(63-33-19-31-57-53-27-15-17-35-67(53)76-71(57)63)65-43-59-69(55-29-13-11-25-51(55)65)70-56-30-14-12-26-52(56)66(44-60(70)73(59,49-21-7-5-8-22-49)50-23-9-6-10-24-50)75(62-40-38-46(2)42-48(62)4)64-34-20-32-58-54-28-16-18-36-68(54)77-72(58)64/h5-44H,1-4H3. The highest BCUT2D eigenvalue weighted by atomic mass is 16.3. The Kier molecular flexibility index (Phi) is 10.0. The first-order valence-corrected chi connectivity index (χ1v) is 26.7. The molecule has 15 rings (SSSR count). The van der Waals surface area contributed by atoms with Gasteiger partial charge >= 0.3 is 0 Å². The first-order chi connectivity index (χ1) is 37.9. The molecule has 2 aromatic heterocycles. The summed E-state index contributed by atoms with van der Waals surface area (Å²) in [5, 5.41) is 9.00. The molecule has 0 amide bonds. The quantitative estimate of drug-likeness (QED) is 0.152. The highest BCUT2D eigenvalue weighted by Gasteiger charge is 2.49. The molecule has 2 heterocycles. The van der Waals surface area contributed by atoms with E-state index in [1.807, 2.05) is 0 Å². The van der Waals surface area contributed by atoms with Crippen LogP contribution in [0.5, 0.6) is 0 Å². The van der Waals surface area contributed by atoms with Crippen LogP contribution in [0.2, 0.25) is 0 Å². The number of para-hydroxylation sites is 4. The summed E-state index contributed by atoms with van der Waals surface area (Å²) in [5.41, 5.74) is 20.9. The van der Waals surface area contributed by atoms with Crippen LogP contribution >= 0.6 is 0 Å². The van der Waals surface area contributed by atoms with Gasteiger partial charge < -0.3 is 18.6 Å². The van der Waals surface area contributed by atoms with Crippen LogP contribution in [0.4, 0.5) is 34.1 Å². The molecular formula is C73H52N2O2. The molecule has 1 aliphatic rings. The van der Waals surface area contributed by atoms with Crippen LogP contribution in [0.25, 0.3) is 76.5 Å². The van der Waals surface area contributed by atoms with Gasteiger partial charge in [-0.15, -0.1) is 0 Å². The van der Waals surface area contributed by atoms with Crippen LogP contribution in [0.3, 0.4) is 0 Å². The van der Waals surface area contributed by atoms with Crippen molar-refractivity contribution >= 4 is 99.5 Å². The molecule has 0 aliphatic heterocycles. The van der Waals surface area contributed by atoms with Crippen molar-refractivity contribution in [3.63, 3.8) is 0 Å². The van der Waals surface area contributed by atoms with E-state index in [2.05, 4.69) is 280 Å².